The van der Waals surface area contributed by atoms with Crippen LogP contribution in [0.3, 0.4) is 0 Å². The van der Waals surface area contributed by atoms with Crippen LogP contribution < -0.4 is 5.56 Å². The fourth-order valence-electron chi connectivity index (χ4n) is 1.05. The number of aromatic amines is 3. The average molecular weight is 182 g/mol. The highest BCUT2D eigenvalue weighted by Gasteiger charge is 2.04. The smallest absolute Gasteiger partial charge is 0.280 e. The summed E-state index contributed by atoms with van der Waals surface area (Å²) in [6.45, 7) is 1.82. The first kappa shape index (κ1) is 7.23. The van der Waals surface area contributed by atoms with Crippen LogP contribution in [0, 0.1) is 11.7 Å². The summed E-state index contributed by atoms with van der Waals surface area (Å²) in [4.78, 5) is 16.5. The van der Waals surface area contributed by atoms with Crippen LogP contribution in [-0.2, 0) is 0 Å². The van der Waals surface area contributed by atoms with Crippen LogP contribution in [0.25, 0.3) is 11.0 Å². The van der Waals surface area contributed by atoms with Crippen LogP contribution >= 0.6 is 12.2 Å². The highest BCUT2D eigenvalue weighted by molar-refractivity contribution is 7.71. The minimum atomic E-state index is -0.266. The lowest BCUT2D eigenvalue weighted by Crippen LogP contribution is -2.07. The number of fused-ring (bicyclic) bond motifs is 1. The van der Waals surface area contributed by atoms with Gasteiger partial charge in [0.1, 0.15) is 0 Å². The van der Waals surface area contributed by atoms with Gasteiger partial charge in [0.05, 0.1) is 11.2 Å². The molecule has 62 valence electrons. The maximum absolute atomic E-state index is 11.2. The Kier molecular flexibility index (Phi) is 1.37. The molecule has 0 saturated heterocycles. The molecule has 0 aliphatic rings. The van der Waals surface area contributed by atoms with Crippen LogP contribution in [0.4, 0.5) is 0 Å². The van der Waals surface area contributed by atoms with Gasteiger partial charge in [-0.2, -0.15) is 5.10 Å². The van der Waals surface area contributed by atoms with Gasteiger partial charge in [0.25, 0.3) is 5.56 Å². The van der Waals surface area contributed by atoms with Crippen molar-refractivity contribution in [2.75, 3.05) is 0 Å². The molecule has 0 bridgehead atoms. The molecule has 5 nitrogen and oxygen atoms in total. The van der Waals surface area contributed by atoms with E-state index in [2.05, 4.69) is 20.2 Å². The van der Waals surface area contributed by atoms with Gasteiger partial charge in [-0.15, -0.1) is 0 Å². The van der Waals surface area contributed by atoms with Crippen LogP contribution in [0.5, 0.6) is 0 Å². The number of rotatable bonds is 0. The highest BCUT2D eigenvalue weighted by atomic mass is 32.1. The lowest BCUT2D eigenvalue weighted by molar-refractivity contribution is 1.06. The Morgan fingerprint density at radius 2 is 2.17 bits per heavy atom. The topological polar surface area (TPSA) is 77.3 Å². The van der Waals surface area contributed by atoms with E-state index in [1.165, 1.54) is 0 Å². The van der Waals surface area contributed by atoms with E-state index in [0.29, 0.717) is 15.8 Å². The Morgan fingerprint density at radius 1 is 1.42 bits per heavy atom. The van der Waals surface area contributed by atoms with E-state index in [1.807, 2.05) is 6.92 Å². The Hall–Kier alpha value is -1.43. The van der Waals surface area contributed by atoms with Crippen molar-refractivity contribution in [3.05, 3.63) is 20.8 Å². The summed E-state index contributed by atoms with van der Waals surface area (Å²) in [7, 11) is 0. The highest BCUT2D eigenvalue weighted by Crippen LogP contribution is 2.05. The zero-order chi connectivity index (χ0) is 8.72. The predicted octanol–water partition coefficient (Wildman–Crippen LogP) is 0.617. The molecular weight excluding hydrogens is 176 g/mol. The number of hydrogen-bond acceptors (Lipinski definition) is 3. The number of aromatic nitrogens is 4. The van der Waals surface area contributed by atoms with Crippen molar-refractivity contribution in [3.63, 3.8) is 0 Å². The average Bonchev–Trinajstić information content (AvgIpc) is 2.33. The largest absolute Gasteiger partial charge is 0.329 e. The summed E-state index contributed by atoms with van der Waals surface area (Å²) >= 11 is 4.80. The van der Waals surface area contributed by atoms with Crippen LogP contribution in [-0.4, -0.2) is 20.2 Å². The SMILES string of the molecule is Cc1[nH]nc2c(=O)[nH]c(=S)[nH]c12. The summed E-state index contributed by atoms with van der Waals surface area (Å²) < 4.78 is 0.317. The molecule has 6 heteroatoms. The molecule has 3 N–H and O–H groups in total. The molecule has 0 aliphatic heterocycles. The van der Waals surface area contributed by atoms with Crippen LogP contribution in [0.2, 0.25) is 0 Å². The second-order valence-electron chi connectivity index (χ2n) is 2.48. The molecule has 0 saturated carbocycles. The monoisotopic (exact) mass is 182 g/mol. The van der Waals surface area contributed by atoms with Gasteiger partial charge in [-0.05, 0) is 19.1 Å². The molecular formula is C6H6N4OS. The molecule has 0 radical (unpaired) electrons. The predicted molar refractivity (Wildman–Crippen MR) is 46.6 cm³/mol. The summed E-state index contributed by atoms with van der Waals surface area (Å²) in [6, 6.07) is 0. The Labute approximate surface area is 71.8 Å². The second kappa shape index (κ2) is 2.28. The number of aryl methyl sites for hydroxylation is 1. The first-order chi connectivity index (χ1) is 5.68. The summed E-state index contributed by atoms with van der Waals surface area (Å²) in [5.41, 5.74) is 1.57. The number of H-pyrrole nitrogens is 3. The van der Waals surface area contributed by atoms with E-state index in [0.717, 1.165) is 5.69 Å². The van der Waals surface area contributed by atoms with Crippen molar-refractivity contribution in [2.24, 2.45) is 0 Å². The van der Waals surface area contributed by atoms with Crippen molar-refractivity contribution in [3.8, 4) is 0 Å². The fraction of sp³-hybridized carbons (Fsp3) is 0.167. The van der Waals surface area contributed by atoms with Gasteiger partial charge in [0, 0.05) is 0 Å². The van der Waals surface area contributed by atoms with Crippen molar-refractivity contribution >= 4 is 23.3 Å². The standard InChI is InChI=1S/C6H6N4OS/c1-2-3-4(10-9-2)5(11)8-6(12)7-3/h1H3,(H,9,10)(H2,7,8,11,12). The first-order valence-corrected chi connectivity index (χ1v) is 3.76. The van der Waals surface area contributed by atoms with Crippen LogP contribution in [0.1, 0.15) is 5.69 Å². The van der Waals surface area contributed by atoms with Gasteiger partial charge in [-0.1, -0.05) is 0 Å². The normalized spacial score (nSPS) is 10.8. The van der Waals surface area contributed by atoms with Gasteiger partial charge in [-0.3, -0.25) is 14.9 Å². The third kappa shape index (κ3) is 0.884. The molecule has 2 heterocycles. The zero-order valence-corrected chi connectivity index (χ0v) is 7.08. The number of nitrogens with one attached hydrogen (secondary N) is 3. The Bertz CT molecular complexity index is 534. The molecule has 2 aromatic rings. The quantitative estimate of drug-likeness (QED) is 0.522. The molecule has 0 spiro atoms. The molecule has 2 aromatic heterocycles. The van der Waals surface area contributed by atoms with Crippen molar-refractivity contribution in [1.82, 2.24) is 20.2 Å². The van der Waals surface area contributed by atoms with Gasteiger partial charge in [-0.25, -0.2) is 0 Å². The maximum atomic E-state index is 11.2. The molecule has 0 aromatic carbocycles. The molecule has 0 amide bonds. The molecule has 12 heavy (non-hydrogen) atoms. The number of nitrogens with zero attached hydrogens (tertiary/aromatic N) is 1. The second-order valence-corrected chi connectivity index (χ2v) is 2.89. The van der Waals surface area contributed by atoms with Crippen molar-refractivity contribution in [2.45, 2.75) is 6.92 Å². The lowest BCUT2D eigenvalue weighted by atomic mass is 10.4. The summed E-state index contributed by atoms with van der Waals surface area (Å²) in [5.74, 6) is 0. The molecule has 0 unspecified atom stereocenters. The Morgan fingerprint density at radius 3 is 2.92 bits per heavy atom. The van der Waals surface area contributed by atoms with Gasteiger partial charge in [0.15, 0.2) is 10.3 Å². The summed E-state index contributed by atoms with van der Waals surface area (Å²) in [5, 5.41) is 6.51. The van der Waals surface area contributed by atoms with E-state index >= 15 is 0 Å². The lowest BCUT2D eigenvalue weighted by Gasteiger charge is -1.88. The minimum absolute atomic E-state index is 0.266. The summed E-state index contributed by atoms with van der Waals surface area (Å²) in [6.07, 6.45) is 0. The van der Waals surface area contributed by atoms with Crippen molar-refractivity contribution in [1.29, 1.82) is 0 Å². The van der Waals surface area contributed by atoms with Crippen molar-refractivity contribution < 1.29 is 0 Å². The van der Waals surface area contributed by atoms with E-state index in [4.69, 9.17) is 12.2 Å². The minimum Gasteiger partial charge on any atom is -0.329 e. The maximum Gasteiger partial charge on any atom is 0.280 e. The van der Waals surface area contributed by atoms with Gasteiger partial charge < -0.3 is 4.98 Å². The molecule has 0 fully saturated rings. The Balaban J connectivity index is 3.13. The molecule has 2 rings (SSSR count). The van der Waals surface area contributed by atoms with Gasteiger partial charge in [0.2, 0.25) is 0 Å². The van der Waals surface area contributed by atoms with Crippen LogP contribution in [0.15, 0.2) is 4.79 Å². The van der Waals surface area contributed by atoms with E-state index < -0.39 is 0 Å². The number of hydrogen-bond donors (Lipinski definition) is 3. The fourth-order valence-corrected chi connectivity index (χ4v) is 1.25. The molecule has 0 aliphatic carbocycles. The third-order valence-electron chi connectivity index (χ3n) is 1.63. The zero-order valence-electron chi connectivity index (χ0n) is 6.26. The first-order valence-electron chi connectivity index (χ1n) is 3.36. The third-order valence-corrected chi connectivity index (χ3v) is 1.83. The van der Waals surface area contributed by atoms with Gasteiger partial charge >= 0.3 is 0 Å². The van der Waals surface area contributed by atoms with E-state index in [1.54, 1.807) is 0 Å². The van der Waals surface area contributed by atoms with E-state index in [-0.39, 0.29) is 5.56 Å². The molecule has 0 atom stereocenters. The van der Waals surface area contributed by atoms with E-state index in [9.17, 15) is 4.79 Å².